The van der Waals surface area contributed by atoms with Gasteiger partial charge < -0.3 is 10.3 Å². The van der Waals surface area contributed by atoms with E-state index in [0.29, 0.717) is 0 Å². The van der Waals surface area contributed by atoms with Crippen molar-refractivity contribution in [3.05, 3.63) is 29.6 Å². The van der Waals surface area contributed by atoms with Gasteiger partial charge in [0.05, 0.1) is 23.7 Å². The molecule has 0 saturated heterocycles. The summed E-state index contributed by atoms with van der Waals surface area (Å²) in [5.74, 6) is 4.23. The maximum absolute atomic E-state index is 13.5. The second kappa shape index (κ2) is 5.98. The monoisotopic (exact) mass is 250 g/mol. The van der Waals surface area contributed by atoms with Crippen molar-refractivity contribution in [2.75, 3.05) is 12.5 Å². The van der Waals surface area contributed by atoms with Crippen molar-refractivity contribution in [2.45, 2.75) is 19.4 Å². The predicted octanol–water partition coefficient (Wildman–Crippen LogP) is 1.49. The highest BCUT2D eigenvalue weighted by atomic mass is 19.1. The average molecular weight is 250 g/mol. The molecule has 0 radical (unpaired) electrons. The summed E-state index contributed by atoms with van der Waals surface area (Å²) in [4.78, 5) is 13.5. The summed E-state index contributed by atoms with van der Waals surface area (Å²) < 4.78 is 13.5. The van der Waals surface area contributed by atoms with Crippen LogP contribution in [0.1, 0.15) is 23.7 Å². The van der Waals surface area contributed by atoms with E-state index in [1.165, 1.54) is 23.1 Å². The number of anilines is 1. The van der Waals surface area contributed by atoms with E-state index in [9.17, 15) is 9.18 Å². The molecule has 18 heavy (non-hydrogen) atoms. The SMILES string of the molecule is CC(CC#N)N(C)C(=O)c1cccc(F)c1NN. The molecule has 0 aliphatic heterocycles. The van der Waals surface area contributed by atoms with E-state index in [1.807, 2.05) is 6.07 Å². The van der Waals surface area contributed by atoms with Gasteiger partial charge in [-0.25, -0.2) is 4.39 Å². The van der Waals surface area contributed by atoms with Crippen LogP contribution in [0.4, 0.5) is 10.1 Å². The molecular formula is C12H15FN4O. The van der Waals surface area contributed by atoms with Crippen LogP contribution < -0.4 is 11.3 Å². The van der Waals surface area contributed by atoms with Gasteiger partial charge in [0.15, 0.2) is 0 Å². The lowest BCUT2D eigenvalue weighted by molar-refractivity contribution is 0.0747. The molecule has 1 rings (SSSR count). The van der Waals surface area contributed by atoms with Crippen molar-refractivity contribution in [3.8, 4) is 6.07 Å². The molecule has 0 aliphatic rings. The Balaban J connectivity index is 3.04. The molecule has 0 heterocycles. The fourth-order valence-corrected chi connectivity index (χ4v) is 1.51. The molecule has 3 N–H and O–H groups in total. The number of amides is 1. The van der Waals surface area contributed by atoms with E-state index in [0.717, 1.165) is 0 Å². The lowest BCUT2D eigenvalue weighted by atomic mass is 10.1. The Bertz CT molecular complexity index is 483. The largest absolute Gasteiger partial charge is 0.338 e. The zero-order valence-corrected chi connectivity index (χ0v) is 10.3. The molecule has 0 aromatic heterocycles. The summed E-state index contributed by atoms with van der Waals surface area (Å²) in [6.45, 7) is 1.75. The van der Waals surface area contributed by atoms with Gasteiger partial charge in [-0.1, -0.05) is 6.07 Å². The minimum absolute atomic E-state index is 0.0430. The number of nitrogens with zero attached hydrogens (tertiary/aromatic N) is 2. The minimum atomic E-state index is -0.593. The number of hydrazine groups is 1. The van der Waals surface area contributed by atoms with Crippen LogP contribution in [0.5, 0.6) is 0 Å². The maximum atomic E-state index is 13.5. The second-order valence-electron chi connectivity index (χ2n) is 3.93. The Morgan fingerprint density at radius 1 is 1.67 bits per heavy atom. The summed E-state index contributed by atoms with van der Waals surface area (Å²) in [5.41, 5.74) is 2.28. The van der Waals surface area contributed by atoms with E-state index >= 15 is 0 Å². The molecule has 0 aliphatic carbocycles. The molecule has 6 heteroatoms. The summed E-state index contributed by atoms with van der Waals surface area (Å²) in [6.07, 6.45) is 0.211. The molecule has 5 nitrogen and oxygen atoms in total. The summed E-state index contributed by atoms with van der Waals surface area (Å²) in [6, 6.07) is 5.87. The first-order chi connectivity index (χ1) is 8.52. The van der Waals surface area contributed by atoms with E-state index in [1.54, 1.807) is 14.0 Å². The normalized spacial score (nSPS) is 11.5. The first-order valence-electron chi connectivity index (χ1n) is 5.42. The highest BCUT2D eigenvalue weighted by Gasteiger charge is 2.21. The van der Waals surface area contributed by atoms with E-state index in [4.69, 9.17) is 11.1 Å². The van der Waals surface area contributed by atoms with Gasteiger partial charge in [0, 0.05) is 13.1 Å². The number of carbonyl (C=O) groups excluding carboxylic acids is 1. The molecule has 1 unspecified atom stereocenters. The van der Waals surface area contributed by atoms with Gasteiger partial charge >= 0.3 is 0 Å². The average Bonchev–Trinajstić information content (AvgIpc) is 2.37. The van der Waals surface area contributed by atoms with E-state index in [2.05, 4.69) is 5.43 Å². The first kappa shape index (κ1) is 13.9. The number of rotatable bonds is 4. The van der Waals surface area contributed by atoms with Crippen LogP contribution >= 0.6 is 0 Å². The number of hydrogen-bond acceptors (Lipinski definition) is 4. The number of nitrogens with two attached hydrogens (primary N) is 1. The van der Waals surface area contributed by atoms with E-state index < -0.39 is 5.82 Å². The van der Waals surface area contributed by atoms with Crippen LogP contribution in [0.25, 0.3) is 0 Å². The summed E-state index contributed by atoms with van der Waals surface area (Å²) in [7, 11) is 1.57. The fourth-order valence-electron chi connectivity index (χ4n) is 1.51. The van der Waals surface area contributed by atoms with Crippen LogP contribution in [0.3, 0.4) is 0 Å². The Hall–Kier alpha value is -2.13. The van der Waals surface area contributed by atoms with Crippen LogP contribution in [-0.4, -0.2) is 23.9 Å². The fraction of sp³-hybridized carbons (Fsp3) is 0.333. The molecule has 96 valence electrons. The molecule has 1 aromatic rings. The number of carbonyl (C=O) groups is 1. The minimum Gasteiger partial charge on any atom is -0.338 e. The highest BCUT2D eigenvalue weighted by Crippen LogP contribution is 2.21. The first-order valence-corrected chi connectivity index (χ1v) is 5.42. The van der Waals surface area contributed by atoms with Crippen molar-refractivity contribution < 1.29 is 9.18 Å². The molecule has 0 saturated carbocycles. The number of nitriles is 1. The van der Waals surface area contributed by atoms with Gasteiger partial charge in [-0.2, -0.15) is 5.26 Å². The van der Waals surface area contributed by atoms with Crippen molar-refractivity contribution in [1.29, 1.82) is 5.26 Å². The van der Waals surface area contributed by atoms with Crippen molar-refractivity contribution in [3.63, 3.8) is 0 Å². The van der Waals surface area contributed by atoms with Crippen molar-refractivity contribution in [1.82, 2.24) is 4.90 Å². The van der Waals surface area contributed by atoms with Gasteiger partial charge in [0.1, 0.15) is 5.82 Å². The lowest BCUT2D eigenvalue weighted by Gasteiger charge is -2.24. The van der Waals surface area contributed by atoms with Crippen molar-refractivity contribution in [2.24, 2.45) is 5.84 Å². The lowest BCUT2D eigenvalue weighted by Crippen LogP contribution is -2.35. The van der Waals surface area contributed by atoms with Crippen molar-refractivity contribution >= 4 is 11.6 Å². The number of halogens is 1. The quantitative estimate of drug-likeness (QED) is 0.626. The Morgan fingerprint density at radius 2 is 2.33 bits per heavy atom. The van der Waals surface area contributed by atoms with Gasteiger partial charge in [-0.15, -0.1) is 0 Å². The third-order valence-corrected chi connectivity index (χ3v) is 2.76. The molecule has 1 atom stereocenters. The van der Waals surface area contributed by atoms with Gasteiger partial charge in [-0.3, -0.25) is 10.6 Å². The van der Waals surface area contributed by atoms with E-state index in [-0.39, 0.29) is 29.6 Å². The smallest absolute Gasteiger partial charge is 0.256 e. The topological polar surface area (TPSA) is 82.2 Å². The van der Waals surface area contributed by atoms with Crippen LogP contribution in [0.2, 0.25) is 0 Å². The zero-order chi connectivity index (χ0) is 13.7. The maximum Gasteiger partial charge on any atom is 0.256 e. The third-order valence-electron chi connectivity index (χ3n) is 2.76. The standard InChI is InChI=1S/C12H15FN4O/c1-8(6-7-14)17(2)12(18)9-4-3-5-10(13)11(9)16-15/h3-5,8,16H,6,15H2,1-2H3. The Morgan fingerprint density at radius 3 is 2.89 bits per heavy atom. The second-order valence-corrected chi connectivity index (χ2v) is 3.93. The van der Waals surface area contributed by atoms with Crippen LogP contribution in [-0.2, 0) is 0 Å². The van der Waals surface area contributed by atoms with Crippen LogP contribution in [0, 0.1) is 17.1 Å². The molecule has 0 bridgehead atoms. The Kier molecular flexibility index (Phi) is 4.63. The molecular weight excluding hydrogens is 235 g/mol. The molecule has 0 fully saturated rings. The highest BCUT2D eigenvalue weighted by molar-refractivity contribution is 5.99. The zero-order valence-electron chi connectivity index (χ0n) is 10.3. The van der Waals surface area contributed by atoms with Gasteiger partial charge in [0.2, 0.25) is 0 Å². The third kappa shape index (κ3) is 2.76. The van der Waals surface area contributed by atoms with Crippen LogP contribution in [0.15, 0.2) is 18.2 Å². The molecule has 1 aromatic carbocycles. The molecule has 1 amide bonds. The number of benzene rings is 1. The van der Waals surface area contributed by atoms with Gasteiger partial charge in [-0.05, 0) is 19.1 Å². The summed E-state index contributed by atoms with van der Waals surface area (Å²) in [5, 5.41) is 8.60. The number of hydrogen-bond donors (Lipinski definition) is 2. The number of nitrogens with one attached hydrogen (secondary N) is 1. The predicted molar refractivity (Wildman–Crippen MR) is 66.0 cm³/mol. The number of para-hydroxylation sites is 1. The molecule has 0 spiro atoms. The van der Waals surface area contributed by atoms with Gasteiger partial charge in [0.25, 0.3) is 5.91 Å². The number of nitrogen functional groups attached to an aromatic ring is 1. The summed E-state index contributed by atoms with van der Waals surface area (Å²) >= 11 is 0. The Labute approximate surface area is 105 Å².